The van der Waals surface area contributed by atoms with E-state index in [1.54, 1.807) is 0 Å². The molecule has 0 spiro atoms. The third kappa shape index (κ3) is 2.09. The first-order valence-corrected chi connectivity index (χ1v) is 5.62. The minimum atomic E-state index is -4.94. The van der Waals surface area contributed by atoms with Gasteiger partial charge in [0.25, 0.3) is 5.69 Å². The molecule has 0 aliphatic heterocycles. The van der Waals surface area contributed by atoms with Crippen molar-refractivity contribution in [1.82, 2.24) is 0 Å². The standard InChI is InChI=1S/C13H10F3NO3/c1-12(18,13(14,15)16)9-6-2-4-8-5-3-7-10(11(8)9)17(19)20/h2-7,18H,1H3. The maximum atomic E-state index is 13.0. The van der Waals surface area contributed by atoms with E-state index in [0.29, 0.717) is 6.92 Å². The van der Waals surface area contributed by atoms with Crippen LogP contribution in [0, 0.1) is 10.1 Å². The third-order valence-electron chi connectivity index (χ3n) is 3.16. The Kier molecular flexibility index (Phi) is 3.17. The zero-order chi connectivity index (χ0) is 15.1. The minimum absolute atomic E-state index is 0.206. The van der Waals surface area contributed by atoms with Crippen LogP contribution in [0.1, 0.15) is 12.5 Å². The van der Waals surface area contributed by atoms with E-state index in [1.807, 2.05) is 0 Å². The second-order valence-electron chi connectivity index (χ2n) is 4.51. The van der Waals surface area contributed by atoms with Crippen molar-refractivity contribution in [2.24, 2.45) is 0 Å². The minimum Gasteiger partial charge on any atom is -0.376 e. The number of hydrogen-bond acceptors (Lipinski definition) is 3. The largest absolute Gasteiger partial charge is 0.421 e. The van der Waals surface area contributed by atoms with Crippen molar-refractivity contribution in [2.75, 3.05) is 0 Å². The molecule has 4 nitrogen and oxygen atoms in total. The van der Waals surface area contributed by atoms with E-state index in [4.69, 9.17) is 0 Å². The average Bonchev–Trinajstić information content (AvgIpc) is 2.35. The van der Waals surface area contributed by atoms with Gasteiger partial charge in [0.1, 0.15) is 0 Å². The summed E-state index contributed by atoms with van der Waals surface area (Å²) < 4.78 is 38.9. The smallest absolute Gasteiger partial charge is 0.376 e. The Morgan fingerprint density at radius 2 is 1.70 bits per heavy atom. The average molecular weight is 285 g/mol. The zero-order valence-corrected chi connectivity index (χ0v) is 10.3. The van der Waals surface area contributed by atoms with Crippen molar-refractivity contribution in [3.8, 4) is 0 Å². The Morgan fingerprint density at radius 3 is 2.20 bits per heavy atom. The van der Waals surface area contributed by atoms with Gasteiger partial charge >= 0.3 is 6.18 Å². The van der Waals surface area contributed by atoms with Crippen LogP contribution in [0.3, 0.4) is 0 Å². The lowest BCUT2D eigenvalue weighted by Gasteiger charge is -2.27. The molecule has 20 heavy (non-hydrogen) atoms. The van der Waals surface area contributed by atoms with Gasteiger partial charge in [-0.1, -0.05) is 30.3 Å². The molecule has 0 fully saturated rings. The number of hydrogen-bond donors (Lipinski definition) is 1. The molecule has 0 heterocycles. The Labute approximate surface area is 111 Å². The predicted octanol–water partition coefficient (Wildman–Crippen LogP) is 3.52. The normalized spacial score (nSPS) is 15.1. The van der Waals surface area contributed by atoms with Crippen molar-refractivity contribution in [2.45, 2.75) is 18.7 Å². The number of halogens is 3. The molecule has 0 aromatic heterocycles. The molecule has 1 N–H and O–H groups in total. The number of nitro benzene ring substituents is 1. The second kappa shape index (κ2) is 4.45. The molecular weight excluding hydrogens is 275 g/mol. The molecule has 0 saturated carbocycles. The first-order valence-electron chi connectivity index (χ1n) is 5.62. The Balaban J connectivity index is 2.88. The number of non-ortho nitro benzene ring substituents is 1. The van der Waals surface area contributed by atoms with E-state index in [2.05, 4.69) is 0 Å². The van der Waals surface area contributed by atoms with Crippen molar-refractivity contribution >= 4 is 16.5 Å². The van der Waals surface area contributed by atoms with Crippen LogP contribution in [-0.4, -0.2) is 16.2 Å². The molecule has 1 atom stereocenters. The number of nitro groups is 1. The molecule has 2 aromatic carbocycles. The Hall–Kier alpha value is -2.15. The molecule has 1 unspecified atom stereocenters. The van der Waals surface area contributed by atoms with Crippen LogP contribution in [0.5, 0.6) is 0 Å². The molecule has 0 aliphatic rings. The van der Waals surface area contributed by atoms with Crippen molar-refractivity contribution < 1.29 is 23.2 Å². The fourth-order valence-corrected chi connectivity index (χ4v) is 2.03. The Bertz CT molecular complexity index is 675. The number of fused-ring (bicyclic) bond motifs is 1. The fraction of sp³-hybridized carbons (Fsp3) is 0.231. The van der Waals surface area contributed by atoms with E-state index in [9.17, 15) is 28.4 Å². The number of nitrogens with zero attached hydrogens (tertiary/aromatic N) is 1. The maximum absolute atomic E-state index is 13.0. The van der Waals surface area contributed by atoms with E-state index in [1.165, 1.54) is 24.3 Å². The Morgan fingerprint density at radius 1 is 1.15 bits per heavy atom. The molecule has 0 aliphatic carbocycles. The van der Waals surface area contributed by atoms with Gasteiger partial charge in [-0.05, 0) is 12.3 Å². The van der Waals surface area contributed by atoms with Crippen molar-refractivity contribution in [1.29, 1.82) is 0 Å². The number of aliphatic hydroxyl groups is 1. The maximum Gasteiger partial charge on any atom is 0.421 e. The number of alkyl halides is 3. The molecular formula is C13H10F3NO3. The molecule has 0 amide bonds. The SMILES string of the molecule is CC(O)(c1cccc2cccc([N+](=O)[O-])c12)C(F)(F)F. The molecule has 106 valence electrons. The van der Waals surface area contributed by atoms with Crippen molar-refractivity contribution in [3.63, 3.8) is 0 Å². The first-order chi connectivity index (χ1) is 9.16. The van der Waals surface area contributed by atoms with Crippen molar-refractivity contribution in [3.05, 3.63) is 52.1 Å². The van der Waals surface area contributed by atoms with Gasteiger partial charge in [0, 0.05) is 11.6 Å². The van der Waals surface area contributed by atoms with E-state index >= 15 is 0 Å². The van der Waals surface area contributed by atoms with E-state index in [-0.39, 0.29) is 10.8 Å². The van der Waals surface area contributed by atoms with E-state index < -0.39 is 28.0 Å². The van der Waals surface area contributed by atoms with Gasteiger partial charge < -0.3 is 5.11 Å². The fourth-order valence-electron chi connectivity index (χ4n) is 2.03. The summed E-state index contributed by atoms with van der Waals surface area (Å²) in [4.78, 5) is 10.2. The second-order valence-corrected chi connectivity index (χ2v) is 4.51. The molecule has 7 heteroatoms. The number of benzene rings is 2. The lowest BCUT2D eigenvalue weighted by molar-refractivity contribution is -0.383. The topological polar surface area (TPSA) is 63.4 Å². The summed E-state index contributed by atoms with van der Waals surface area (Å²) in [6.45, 7) is 0.582. The quantitative estimate of drug-likeness (QED) is 0.678. The molecule has 2 aromatic rings. The lowest BCUT2D eigenvalue weighted by Crippen LogP contribution is -2.39. The van der Waals surface area contributed by atoms with Gasteiger partial charge in [0.15, 0.2) is 5.60 Å². The summed E-state index contributed by atoms with van der Waals surface area (Å²) in [6.07, 6.45) is -4.94. The lowest BCUT2D eigenvalue weighted by atomic mass is 9.89. The predicted molar refractivity (Wildman–Crippen MR) is 66.2 cm³/mol. The van der Waals surface area contributed by atoms with Crippen LogP contribution >= 0.6 is 0 Å². The molecule has 0 saturated heterocycles. The molecule has 0 radical (unpaired) electrons. The highest BCUT2D eigenvalue weighted by molar-refractivity contribution is 5.94. The van der Waals surface area contributed by atoms with Gasteiger partial charge in [0.05, 0.1) is 10.3 Å². The summed E-state index contributed by atoms with van der Waals surface area (Å²) in [5.74, 6) is 0. The van der Waals surface area contributed by atoms with Crippen LogP contribution < -0.4 is 0 Å². The van der Waals surface area contributed by atoms with Gasteiger partial charge in [-0.2, -0.15) is 13.2 Å². The van der Waals surface area contributed by atoms with E-state index in [0.717, 1.165) is 12.1 Å². The van der Waals surface area contributed by atoms with Crippen LogP contribution in [-0.2, 0) is 5.60 Å². The summed E-state index contributed by atoms with van der Waals surface area (Å²) >= 11 is 0. The summed E-state index contributed by atoms with van der Waals surface area (Å²) in [7, 11) is 0. The highest BCUT2D eigenvalue weighted by atomic mass is 19.4. The highest BCUT2D eigenvalue weighted by Crippen LogP contribution is 2.43. The first kappa shape index (κ1) is 14.3. The molecule has 0 bridgehead atoms. The molecule has 2 rings (SSSR count). The third-order valence-corrected chi connectivity index (χ3v) is 3.16. The van der Waals surface area contributed by atoms with Gasteiger partial charge in [-0.3, -0.25) is 10.1 Å². The monoisotopic (exact) mass is 285 g/mol. The summed E-state index contributed by atoms with van der Waals surface area (Å²) in [5.41, 5.74) is -4.17. The number of rotatable bonds is 2. The van der Waals surface area contributed by atoms with Gasteiger partial charge in [-0.15, -0.1) is 0 Å². The summed E-state index contributed by atoms with van der Waals surface area (Å²) in [6, 6.07) is 7.77. The van der Waals surface area contributed by atoms with Crippen LogP contribution in [0.2, 0.25) is 0 Å². The van der Waals surface area contributed by atoms with Crippen LogP contribution in [0.15, 0.2) is 36.4 Å². The highest BCUT2D eigenvalue weighted by Gasteiger charge is 2.52. The van der Waals surface area contributed by atoms with Gasteiger partial charge in [-0.25, -0.2) is 0 Å². The van der Waals surface area contributed by atoms with Gasteiger partial charge in [0.2, 0.25) is 0 Å². The summed E-state index contributed by atoms with van der Waals surface area (Å²) in [5, 5.41) is 20.8. The van der Waals surface area contributed by atoms with Crippen LogP contribution in [0.4, 0.5) is 18.9 Å². The van der Waals surface area contributed by atoms with Crippen LogP contribution in [0.25, 0.3) is 10.8 Å². The zero-order valence-electron chi connectivity index (χ0n) is 10.3.